The molecule has 2 rings (SSSR count). The fraction of sp³-hybridized carbons (Fsp3) is 0.647. The zero-order chi connectivity index (χ0) is 14.9. The lowest BCUT2D eigenvalue weighted by Crippen LogP contribution is -2.45. The first kappa shape index (κ1) is 15.3. The molecule has 1 aromatic carbocycles. The van der Waals surface area contributed by atoms with E-state index in [4.69, 9.17) is 10.5 Å². The Morgan fingerprint density at radius 3 is 2.40 bits per heavy atom. The first-order chi connectivity index (χ1) is 9.31. The monoisotopic (exact) mass is 279 g/mol. The van der Waals surface area contributed by atoms with Crippen LogP contribution in [0.4, 0.5) is 4.39 Å². The number of nitrogens with two attached hydrogens (primary N) is 1. The summed E-state index contributed by atoms with van der Waals surface area (Å²) in [5.74, 6) is 1.60. The number of hydrogen-bond acceptors (Lipinski definition) is 2. The van der Waals surface area contributed by atoms with Gasteiger partial charge in [-0.3, -0.25) is 0 Å². The highest BCUT2D eigenvalue weighted by Gasteiger charge is 2.40. The normalized spacial score (nSPS) is 20.9. The number of hydrogen-bond donors (Lipinski definition) is 1. The molecule has 0 saturated heterocycles. The Hall–Kier alpha value is -1.09. The first-order valence-corrected chi connectivity index (χ1v) is 7.55. The molecule has 1 aliphatic heterocycles. The second-order valence-electron chi connectivity index (χ2n) is 6.97. The number of rotatable bonds is 4. The summed E-state index contributed by atoms with van der Waals surface area (Å²) in [4.78, 5) is 0. The van der Waals surface area contributed by atoms with Gasteiger partial charge in [0.2, 0.25) is 0 Å². The van der Waals surface area contributed by atoms with Crippen LogP contribution in [0.3, 0.4) is 0 Å². The molecular formula is C17H26FNO. The molecule has 0 radical (unpaired) electrons. The zero-order valence-electron chi connectivity index (χ0n) is 12.9. The van der Waals surface area contributed by atoms with Crippen molar-refractivity contribution in [2.45, 2.75) is 58.6 Å². The number of benzene rings is 1. The molecule has 112 valence electrons. The van der Waals surface area contributed by atoms with Gasteiger partial charge in [0, 0.05) is 18.0 Å². The molecule has 1 aromatic rings. The SMILES string of the molecule is CC(C)CC1(CC(C)C)C[C@H](N)c2cc(F)ccc2O1. The summed E-state index contributed by atoms with van der Waals surface area (Å²) < 4.78 is 19.7. The fourth-order valence-corrected chi connectivity index (χ4v) is 3.51. The summed E-state index contributed by atoms with van der Waals surface area (Å²) in [7, 11) is 0. The molecule has 3 heteroatoms. The van der Waals surface area contributed by atoms with E-state index in [1.54, 1.807) is 6.07 Å². The van der Waals surface area contributed by atoms with E-state index in [1.165, 1.54) is 12.1 Å². The third-order valence-electron chi connectivity index (χ3n) is 3.85. The Morgan fingerprint density at radius 1 is 1.25 bits per heavy atom. The predicted octanol–water partition coefficient (Wildman–Crippen LogP) is 4.44. The van der Waals surface area contributed by atoms with Crippen molar-refractivity contribution in [1.82, 2.24) is 0 Å². The van der Waals surface area contributed by atoms with Gasteiger partial charge in [-0.25, -0.2) is 4.39 Å². The average Bonchev–Trinajstić information content (AvgIpc) is 2.28. The van der Waals surface area contributed by atoms with Gasteiger partial charge in [-0.05, 0) is 42.9 Å². The van der Waals surface area contributed by atoms with Crippen molar-refractivity contribution in [3.63, 3.8) is 0 Å². The Balaban J connectivity index is 2.34. The minimum Gasteiger partial charge on any atom is -0.487 e. The third kappa shape index (κ3) is 3.32. The van der Waals surface area contributed by atoms with Crippen LogP contribution in [0.25, 0.3) is 0 Å². The van der Waals surface area contributed by atoms with Crippen molar-refractivity contribution in [1.29, 1.82) is 0 Å². The first-order valence-electron chi connectivity index (χ1n) is 7.55. The number of fused-ring (bicyclic) bond motifs is 1. The Morgan fingerprint density at radius 2 is 1.85 bits per heavy atom. The van der Waals surface area contributed by atoms with E-state index < -0.39 is 0 Å². The molecule has 0 aliphatic carbocycles. The molecule has 1 atom stereocenters. The Labute approximate surface area is 121 Å². The molecule has 0 bridgehead atoms. The minimum absolute atomic E-state index is 0.146. The van der Waals surface area contributed by atoms with E-state index in [-0.39, 0.29) is 17.5 Å². The van der Waals surface area contributed by atoms with Gasteiger partial charge in [-0.1, -0.05) is 27.7 Å². The number of ether oxygens (including phenoxy) is 1. The van der Waals surface area contributed by atoms with Crippen molar-refractivity contribution < 1.29 is 9.13 Å². The van der Waals surface area contributed by atoms with Crippen LogP contribution >= 0.6 is 0 Å². The Kier molecular flexibility index (Phi) is 4.38. The largest absolute Gasteiger partial charge is 0.487 e. The van der Waals surface area contributed by atoms with Crippen LogP contribution in [-0.2, 0) is 0 Å². The van der Waals surface area contributed by atoms with Crippen LogP contribution in [0.1, 0.15) is 58.6 Å². The Bertz CT molecular complexity index is 460. The van der Waals surface area contributed by atoms with E-state index in [0.29, 0.717) is 11.8 Å². The molecule has 2 nitrogen and oxygen atoms in total. The van der Waals surface area contributed by atoms with Gasteiger partial charge in [0.15, 0.2) is 0 Å². The van der Waals surface area contributed by atoms with Crippen LogP contribution in [0.15, 0.2) is 18.2 Å². The lowest BCUT2D eigenvalue weighted by atomic mass is 9.77. The molecule has 0 spiro atoms. The highest BCUT2D eigenvalue weighted by Crippen LogP contribution is 2.44. The van der Waals surface area contributed by atoms with Gasteiger partial charge in [0.05, 0.1) is 0 Å². The zero-order valence-corrected chi connectivity index (χ0v) is 12.9. The van der Waals surface area contributed by atoms with Gasteiger partial charge in [0.1, 0.15) is 17.2 Å². The standard InChI is InChI=1S/C17H26FNO/c1-11(2)8-17(9-12(3)4)10-15(19)14-7-13(18)5-6-16(14)20-17/h5-7,11-12,15H,8-10,19H2,1-4H3/t15-/m0/s1. The van der Waals surface area contributed by atoms with E-state index in [2.05, 4.69) is 27.7 Å². The second-order valence-corrected chi connectivity index (χ2v) is 6.97. The highest BCUT2D eigenvalue weighted by molar-refractivity contribution is 5.39. The number of halogens is 1. The highest BCUT2D eigenvalue weighted by atomic mass is 19.1. The van der Waals surface area contributed by atoms with Crippen molar-refractivity contribution in [2.24, 2.45) is 17.6 Å². The van der Waals surface area contributed by atoms with Crippen molar-refractivity contribution in [2.75, 3.05) is 0 Å². The maximum Gasteiger partial charge on any atom is 0.125 e. The molecule has 0 aromatic heterocycles. The maximum atomic E-state index is 13.4. The topological polar surface area (TPSA) is 35.2 Å². The van der Waals surface area contributed by atoms with Crippen molar-refractivity contribution >= 4 is 0 Å². The quantitative estimate of drug-likeness (QED) is 0.884. The summed E-state index contributed by atoms with van der Waals surface area (Å²) in [6.07, 6.45) is 2.73. The van der Waals surface area contributed by atoms with Crippen LogP contribution in [0.5, 0.6) is 5.75 Å². The molecule has 0 saturated carbocycles. The maximum absolute atomic E-state index is 13.4. The molecule has 1 aliphatic rings. The third-order valence-corrected chi connectivity index (χ3v) is 3.85. The summed E-state index contributed by atoms with van der Waals surface area (Å²) in [5.41, 5.74) is 6.88. The van der Waals surface area contributed by atoms with Crippen LogP contribution < -0.4 is 10.5 Å². The van der Waals surface area contributed by atoms with Gasteiger partial charge < -0.3 is 10.5 Å². The van der Waals surface area contributed by atoms with Crippen LogP contribution in [0, 0.1) is 17.7 Å². The summed E-state index contributed by atoms with van der Waals surface area (Å²) in [6.45, 7) is 8.82. The van der Waals surface area contributed by atoms with E-state index >= 15 is 0 Å². The van der Waals surface area contributed by atoms with E-state index in [1.807, 2.05) is 0 Å². The lowest BCUT2D eigenvalue weighted by molar-refractivity contribution is -0.00176. The van der Waals surface area contributed by atoms with Gasteiger partial charge in [-0.2, -0.15) is 0 Å². The van der Waals surface area contributed by atoms with E-state index in [9.17, 15) is 4.39 Å². The summed E-state index contributed by atoms with van der Waals surface area (Å²) >= 11 is 0. The smallest absolute Gasteiger partial charge is 0.125 e. The molecule has 20 heavy (non-hydrogen) atoms. The van der Waals surface area contributed by atoms with Gasteiger partial charge >= 0.3 is 0 Å². The van der Waals surface area contributed by atoms with Gasteiger partial charge in [-0.15, -0.1) is 0 Å². The van der Waals surface area contributed by atoms with Gasteiger partial charge in [0.25, 0.3) is 0 Å². The minimum atomic E-state index is -0.247. The summed E-state index contributed by atoms with van der Waals surface area (Å²) in [6, 6.07) is 4.53. The van der Waals surface area contributed by atoms with Crippen LogP contribution in [-0.4, -0.2) is 5.60 Å². The predicted molar refractivity (Wildman–Crippen MR) is 80.2 cm³/mol. The molecule has 0 fully saturated rings. The van der Waals surface area contributed by atoms with Crippen molar-refractivity contribution in [3.05, 3.63) is 29.6 Å². The van der Waals surface area contributed by atoms with Crippen molar-refractivity contribution in [3.8, 4) is 5.75 Å². The molecule has 0 amide bonds. The van der Waals surface area contributed by atoms with Crippen LogP contribution in [0.2, 0.25) is 0 Å². The molecule has 2 N–H and O–H groups in total. The molecular weight excluding hydrogens is 253 g/mol. The molecule has 0 unspecified atom stereocenters. The van der Waals surface area contributed by atoms with E-state index in [0.717, 1.165) is 30.6 Å². The second kappa shape index (κ2) is 5.72. The summed E-state index contributed by atoms with van der Waals surface area (Å²) in [5, 5.41) is 0. The fourth-order valence-electron chi connectivity index (χ4n) is 3.51. The average molecular weight is 279 g/mol. The lowest BCUT2D eigenvalue weighted by Gasteiger charge is -2.43. The molecule has 1 heterocycles.